The number of aromatic nitrogens is 1. The van der Waals surface area contributed by atoms with Crippen LogP contribution in [0.5, 0.6) is 0 Å². The van der Waals surface area contributed by atoms with Gasteiger partial charge >= 0.3 is 0 Å². The number of amides is 1. The van der Waals surface area contributed by atoms with Gasteiger partial charge in [-0.15, -0.1) is 11.3 Å². The molecule has 0 N–H and O–H groups in total. The van der Waals surface area contributed by atoms with Crippen molar-refractivity contribution >= 4 is 17.2 Å². The van der Waals surface area contributed by atoms with Gasteiger partial charge in [0.15, 0.2) is 0 Å². The van der Waals surface area contributed by atoms with Gasteiger partial charge in [0.25, 0.3) is 5.91 Å². The second-order valence-electron chi connectivity index (χ2n) is 6.14. The molecule has 0 saturated carbocycles. The second-order valence-corrected chi connectivity index (χ2v) is 7.26. The van der Waals surface area contributed by atoms with Crippen molar-refractivity contribution in [2.75, 3.05) is 13.7 Å². The molecule has 3 rings (SSSR count). The minimum absolute atomic E-state index is 0.0419. The standard InChI is InChI=1S/C18H22N2O2S/c1-12-9-13(2)19-14(10-12)11-20(3)18(21)17-7-6-16(23-17)15-5-4-8-22-15/h6-7,9-10,15H,4-5,8,11H2,1-3H3/t15-/m1/s1. The molecule has 0 unspecified atom stereocenters. The van der Waals surface area contributed by atoms with Crippen LogP contribution >= 0.6 is 11.3 Å². The minimum Gasteiger partial charge on any atom is -0.373 e. The van der Waals surface area contributed by atoms with E-state index in [1.54, 1.807) is 16.2 Å². The molecule has 5 heteroatoms. The fourth-order valence-electron chi connectivity index (χ4n) is 2.95. The van der Waals surface area contributed by atoms with Crippen LogP contribution in [-0.4, -0.2) is 29.4 Å². The Balaban J connectivity index is 1.69. The monoisotopic (exact) mass is 330 g/mol. The van der Waals surface area contributed by atoms with Crippen LogP contribution < -0.4 is 0 Å². The Bertz CT molecular complexity index is 685. The van der Waals surface area contributed by atoms with Gasteiger partial charge in [-0.05, 0) is 56.5 Å². The summed E-state index contributed by atoms with van der Waals surface area (Å²) in [7, 11) is 1.83. The van der Waals surface area contributed by atoms with Crippen molar-refractivity contribution in [3.05, 3.63) is 51.0 Å². The van der Waals surface area contributed by atoms with Crippen LogP contribution in [0.15, 0.2) is 24.3 Å². The van der Waals surface area contributed by atoms with Gasteiger partial charge in [0.2, 0.25) is 0 Å². The molecule has 0 aromatic carbocycles. The van der Waals surface area contributed by atoms with E-state index in [2.05, 4.69) is 4.98 Å². The summed E-state index contributed by atoms with van der Waals surface area (Å²) in [5, 5.41) is 0. The van der Waals surface area contributed by atoms with E-state index in [1.807, 2.05) is 45.2 Å². The summed E-state index contributed by atoms with van der Waals surface area (Å²) in [4.78, 5) is 20.8. The lowest BCUT2D eigenvalue weighted by Gasteiger charge is -2.16. The Morgan fingerprint density at radius 2 is 2.22 bits per heavy atom. The van der Waals surface area contributed by atoms with Crippen LogP contribution in [-0.2, 0) is 11.3 Å². The number of carbonyl (C=O) groups is 1. The van der Waals surface area contributed by atoms with Crippen LogP contribution in [0.3, 0.4) is 0 Å². The highest BCUT2D eigenvalue weighted by atomic mass is 32.1. The van der Waals surface area contributed by atoms with E-state index in [9.17, 15) is 4.79 Å². The van der Waals surface area contributed by atoms with E-state index >= 15 is 0 Å². The summed E-state index contributed by atoms with van der Waals surface area (Å²) < 4.78 is 5.69. The van der Waals surface area contributed by atoms with Crippen molar-refractivity contribution in [2.45, 2.75) is 39.3 Å². The lowest BCUT2D eigenvalue weighted by Crippen LogP contribution is -2.26. The van der Waals surface area contributed by atoms with E-state index in [-0.39, 0.29) is 12.0 Å². The summed E-state index contributed by atoms with van der Waals surface area (Å²) >= 11 is 1.55. The molecule has 23 heavy (non-hydrogen) atoms. The highest BCUT2D eigenvalue weighted by molar-refractivity contribution is 7.14. The summed E-state index contributed by atoms with van der Waals surface area (Å²) in [6, 6.07) is 8.01. The third-order valence-corrected chi connectivity index (χ3v) is 5.15. The summed E-state index contributed by atoms with van der Waals surface area (Å²) in [5.74, 6) is 0.0419. The van der Waals surface area contributed by atoms with Crippen LogP contribution in [0.25, 0.3) is 0 Å². The number of hydrogen-bond donors (Lipinski definition) is 0. The SMILES string of the molecule is Cc1cc(C)nc(CN(C)C(=O)c2ccc([C@H]3CCCO3)s2)c1. The Morgan fingerprint density at radius 3 is 2.91 bits per heavy atom. The number of pyridine rings is 1. The molecule has 0 aliphatic carbocycles. The van der Waals surface area contributed by atoms with Crippen molar-refractivity contribution in [3.8, 4) is 0 Å². The molecule has 1 fully saturated rings. The quantitative estimate of drug-likeness (QED) is 0.854. The molecule has 4 nitrogen and oxygen atoms in total. The normalized spacial score (nSPS) is 17.4. The first kappa shape index (κ1) is 16.1. The average Bonchev–Trinajstić information content (AvgIpc) is 3.16. The van der Waals surface area contributed by atoms with Crippen LogP contribution in [0.2, 0.25) is 0 Å². The number of carbonyl (C=O) groups excluding carboxylic acids is 1. The van der Waals surface area contributed by atoms with Gasteiger partial charge in [0.05, 0.1) is 23.2 Å². The van der Waals surface area contributed by atoms with Crippen molar-refractivity contribution in [2.24, 2.45) is 0 Å². The molecule has 1 aliphatic rings. The van der Waals surface area contributed by atoms with Gasteiger partial charge in [-0.2, -0.15) is 0 Å². The van der Waals surface area contributed by atoms with Gasteiger partial charge in [-0.1, -0.05) is 0 Å². The number of aryl methyl sites for hydroxylation is 2. The number of nitrogens with zero attached hydrogens (tertiary/aromatic N) is 2. The number of ether oxygens (including phenoxy) is 1. The maximum atomic E-state index is 12.6. The van der Waals surface area contributed by atoms with E-state index in [4.69, 9.17) is 4.74 Å². The van der Waals surface area contributed by atoms with Crippen molar-refractivity contribution in [1.29, 1.82) is 0 Å². The Hall–Kier alpha value is -1.72. The largest absolute Gasteiger partial charge is 0.373 e. The zero-order valence-corrected chi connectivity index (χ0v) is 14.7. The fourth-order valence-corrected chi connectivity index (χ4v) is 4.04. The molecule has 0 radical (unpaired) electrons. The van der Waals surface area contributed by atoms with Gasteiger partial charge in [-0.3, -0.25) is 9.78 Å². The van der Waals surface area contributed by atoms with Gasteiger partial charge in [-0.25, -0.2) is 0 Å². The van der Waals surface area contributed by atoms with Crippen LogP contribution in [0.4, 0.5) is 0 Å². The predicted octanol–water partition coefficient (Wildman–Crippen LogP) is 3.88. The van der Waals surface area contributed by atoms with Crippen LogP contribution in [0, 0.1) is 13.8 Å². The predicted molar refractivity (Wildman–Crippen MR) is 91.8 cm³/mol. The van der Waals surface area contributed by atoms with Crippen molar-refractivity contribution in [1.82, 2.24) is 9.88 Å². The molecule has 122 valence electrons. The van der Waals surface area contributed by atoms with E-state index < -0.39 is 0 Å². The molecule has 0 bridgehead atoms. The van der Waals surface area contributed by atoms with Crippen molar-refractivity contribution in [3.63, 3.8) is 0 Å². The maximum Gasteiger partial charge on any atom is 0.264 e. The first-order chi connectivity index (χ1) is 11.0. The molecule has 0 spiro atoms. The molecule has 1 atom stereocenters. The Morgan fingerprint density at radius 1 is 1.39 bits per heavy atom. The lowest BCUT2D eigenvalue weighted by atomic mass is 10.2. The Kier molecular flexibility index (Phi) is 4.78. The lowest BCUT2D eigenvalue weighted by molar-refractivity contribution is 0.0788. The number of rotatable bonds is 4. The molecule has 2 aromatic rings. The highest BCUT2D eigenvalue weighted by Gasteiger charge is 2.22. The Labute approximate surface area is 141 Å². The molecular weight excluding hydrogens is 308 g/mol. The second kappa shape index (κ2) is 6.81. The van der Waals surface area contributed by atoms with E-state index in [0.717, 1.165) is 40.6 Å². The summed E-state index contributed by atoms with van der Waals surface area (Å²) in [5.41, 5.74) is 3.08. The zero-order chi connectivity index (χ0) is 16.4. The van der Waals surface area contributed by atoms with Gasteiger partial charge in [0, 0.05) is 24.2 Å². The molecule has 2 aromatic heterocycles. The third-order valence-electron chi connectivity index (χ3n) is 3.98. The third kappa shape index (κ3) is 3.79. The van der Waals surface area contributed by atoms with Crippen LogP contribution in [0.1, 0.15) is 50.4 Å². The summed E-state index contributed by atoms with van der Waals surface area (Å²) in [6.07, 6.45) is 2.33. The smallest absolute Gasteiger partial charge is 0.264 e. The molecular formula is C18H22N2O2S. The average molecular weight is 330 g/mol. The molecule has 3 heterocycles. The topological polar surface area (TPSA) is 42.4 Å². The molecule has 1 amide bonds. The maximum absolute atomic E-state index is 12.6. The van der Waals surface area contributed by atoms with E-state index in [1.165, 1.54) is 5.56 Å². The molecule has 1 aliphatic heterocycles. The number of thiophene rings is 1. The van der Waals surface area contributed by atoms with E-state index in [0.29, 0.717) is 6.54 Å². The first-order valence-electron chi connectivity index (χ1n) is 7.94. The summed E-state index contributed by atoms with van der Waals surface area (Å²) in [6.45, 7) is 5.37. The number of hydrogen-bond acceptors (Lipinski definition) is 4. The fraction of sp³-hybridized carbons (Fsp3) is 0.444. The zero-order valence-electron chi connectivity index (χ0n) is 13.8. The minimum atomic E-state index is 0.0419. The molecule has 1 saturated heterocycles. The first-order valence-corrected chi connectivity index (χ1v) is 8.75. The van der Waals surface area contributed by atoms with Gasteiger partial charge in [0.1, 0.15) is 0 Å². The highest BCUT2D eigenvalue weighted by Crippen LogP contribution is 2.33. The van der Waals surface area contributed by atoms with Crippen molar-refractivity contribution < 1.29 is 9.53 Å². The van der Waals surface area contributed by atoms with Gasteiger partial charge < -0.3 is 9.64 Å².